The number of rotatable bonds is 3. The van der Waals surface area contributed by atoms with Crippen molar-refractivity contribution in [2.24, 2.45) is 5.92 Å². The number of pyridine rings is 1. The molecule has 0 spiro atoms. The minimum Gasteiger partial charge on any atom is -0.481 e. The Morgan fingerprint density at radius 1 is 1.48 bits per heavy atom. The van der Waals surface area contributed by atoms with E-state index in [1.165, 1.54) is 0 Å². The molecule has 1 amide bonds. The summed E-state index contributed by atoms with van der Waals surface area (Å²) >= 11 is 0. The van der Waals surface area contributed by atoms with Crippen molar-refractivity contribution in [3.05, 3.63) is 30.1 Å². The Hall–Kier alpha value is -2.37. The summed E-state index contributed by atoms with van der Waals surface area (Å²) < 4.78 is 0. The average Bonchev–Trinajstić information content (AvgIpc) is 2.91. The first-order valence-corrected chi connectivity index (χ1v) is 7.06. The molecule has 0 aromatic carbocycles. The van der Waals surface area contributed by atoms with Gasteiger partial charge in [-0.05, 0) is 30.5 Å². The van der Waals surface area contributed by atoms with Gasteiger partial charge in [-0.1, -0.05) is 0 Å². The summed E-state index contributed by atoms with van der Waals surface area (Å²) in [5, 5.41) is 10.0. The number of aromatic amines is 1. The minimum absolute atomic E-state index is 0.0225. The molecule has 110 valence electrons. The third-order valence-electron chi connectivity index (χ3n) is 4.00. The molecule has 1 atom stereocenters. The number of amides is 1. The van der Waals surface area contributed by atoms with Crippen LogP contribution < -0.4 is 0 Å². The molecule has 0 saturated carbocycles. The quantitative estimate of drug-likeness (QED) is 0.894. The summed E-state index contributed by atoms with van der Waals surface area (Å²) in [6, 6.07) is 3.77. The van der Waals surface area contributed by atoms with Crippen LogP contribution in [-0.2, 0) is 16.0 Å². The minimum atomic E-state index is -0.816. The zero-order valence-electron chi connectivity index (χ0n) is 11.6. The number of piperidine rings is 1. The maximum atomic E-state index is 12.4. The van der Waals surface area contributed by atoms with Crippen molar-refractivity contribution in [1.82, 2.24) is 14.9 Å². The number of hydrogen-bond acceptors (Lipinski definition) is 3. The van der Waals surface area contributed by atoms with Gasteiger partial charge in [0.2, 0.25) is 5.91 Å². The van der Waals surface area contributed by atoms with Gasteiger partial charge in [-0.2, -0.15) is 0 Å². The van der Waals surface area contributed by atoms with E-state index in [1.54, 1.807) is 17.3 Å². The molecular weight excluding hydrogens is 270 g/mol. The van der Waals surface area contributed by atoms with E-state index in [4.69, 9.17) is 5.11 Å². The summed E-state index contributed by atoms with van der Waals surface area (Å²) in [5.74, 6) is -1.28. The second-order valence-corrected chi connectivity index (χ2v) is 5.41. The van der Waals surface area contributed by atoms with E-state index in [2.05, 4.69) is 9.97 Å². The summed E-state index contributed by atoms with van der Waals surface area (Å²) in [7, 11) is 0. The third-order valence-corrected chi connectivity index (χ3v) is 4.00. The van der Waals surface area contributed by atoms with E-state index in [-0.39, 0.29) is 12.3 Å². The number of H-pyrrole nitrogens is 1. The standard InChI is InChI=1S/C15H17N3O3/c19-13(18-6-2-3-10(9-18)15(20)21)7-11-8-17-14-12(11)4-1-5-16-14/h1,4-5,8,10H,2-3,6-7,9H2,(H,16,17)(H,20,21)/t10-/m1/s1. The van der Waals surface area contributed by atoms with Gasteiger partial charge < -0.3 is 15.0 Å². The lowest BCUT2D eigenvalue weighted by atomic mass is 9.97. The normalized spacial score (nSPS) is 18.9. The van der Waals surface area contributed by atoms with E-state index in [1.807, 2.05) is 12.1 Å². The van der Waals surface area contributed by atoms with Crippen LogP contribution in [0, 0.1) is 5.92 Å². The average molecular weight is 287 g/mol. The highest BCUT2D eigenvalue weighted by Crippen LogP contribution is 2.20. The number of carbonyl (C=O) groups is 2. The van der Waals surface area contributed by atoms with Crippen LogP contribution in [0.3, 0.4) is 0 Å². The number of fused-ring (bicyclic) bond motifs is 1. The molecule has 1 fully saturated rings. The van der Waals surface area contributed by atoms with E-state index >= 15 is 0 Å². The van der Waals surface area contributed by atoms with Gasteiger partial charge in [0.1, 0.15) is 5.65 Å². The zero-order chi connectivity index (χ0) is 14.8. The molecule has 1 aliphatic heterocycles. The predicted molar refractivity (Wildman–Crippen MR) is 76.7 cm³/mol. The highest BCUT2D eigenvalue weighted by Gasteiger charge is 2.28. The summed E-state index contributed by atoms with van der Waals surface area (Å²) in [5.41, 5.74) is 1.67. The van der Waals surface area contributed by atoms with E-state index < -0.39 is 11.9 Å². The number of likely N-dealkylation sites (tertiary alicyclic amines) is 1. The number of carbonyl (C=O) groups excluding carboxylic acids is 1. The fourth-order valence-corrected chi connectivity index (χ4v) is 2.84. The van der Waals surface area contributed by atoms with E-state index in [0.29, 0.717) is 19.5 Å². The SMILES string of the molecule is O=C(O)[C@@H]1CCCN(C(=O)Cc2c[nH]c3ncccc23)C1. The van der Waals surface area contributed by atoms with Crippen molar-refractivity contribution in [2.45, 2.75) is 19.3 Å². The molecule has 2 aromatic heterocycles. The highest BCUT2D eigenvalue weighted by atomic mass is 16.4. The molecule has 0 unspecified atom stereocenters. The fraction of sp³-hybridized carbons (Fsp3) is 0.400. The van der Waals surface area contributed by atoms with Crippen molar-refractivity contribution >= 4 is 22.9 Å². The van der Waals surface area contributed by atoms with Crippen molar-refractivity contribution < 1.29 is 14.7 Å². The Kier molecular flexibility index (Phi) is 3.60. The molecule has 6 nitrogen and oxygen atoms in total. The van der Waals surface area contributed by atoms with Gasteiger partial charge in [0.15, 0.2) is 0 Å². The monoisotopic (exact) mass is 287 g/mol. The first-order valence-electron chi connectivity index (χ1n) is 7.06. The Balaban J connectivity index is 1.72. The number of hydrogen-bond donors (Lipinski definition) is 2. The lowest BCUT2D eigenvalue weighted by Gasteiger charge is -2.30. The maximum absolute atomic E-state index is 12.4. The summed E-state index contributed by atoms with van der Waals surface area (Å²) in [4.78, 5) is 32.3. The molecule has 1 saturated heterocycles. The van der Waals surface area contributed by atoms with E-state index in [0.717, 1.165) is 23.0 Å². The van der Waals surface area contributed by atoms with Crippen molar-refractivity contribution in [3.8, 4) is 0 Å². The van der Waals surface area contributed by atoms with Gasteiger partial charge in [0, 0.05) is 30.9 Å². The van der Waals surface area contributed by atoms with Crippen LogP contribution in [0.1, 0.15) is 18.4 Å². The Bertz CT molecular complexity index is 680. The Labute approximate surface area is 121 Å². The van der Waals surface area contributed by atoms with Gasteiger partial charge in [0.25, 0.3) is 0 Å². The summed E-state index contributed by atoms with van der Waals surface area (Å²) in [6.07, 6.45) is 5.17. The number of nitrogens with zero attached hydrogens (tertiary/aromatic N) is 2. The summed E-state index contributed by atoms with van der Waals surface area (Å²) in [6.45, 7) is 0.956. The largest absolute Gasteiger partial charge is 0.481 e. The molecule has 1 aliphatic rings. The molecule has 3 rings (SSSR count). The molecule has 0 bridgehead atoms. The van der Waals surface area contributed by atoms with Crippen molar-refractivity contribution in [3.63, 3.8) is 0 Å². The molecule has 3 heterocycles. The fourth-order valence-electron chi connectivity index (χ4n) is 2.84. The Morgan fingerprint density at radius 3 is 3.14 bits per heavy atom. The smallest absolute Gasteiger partial charge is 0.308 e. The zero-order valence-corrected chi connectivity index (χ0v) is 11.6. The van der Waals surface area contributed by atoms with Gasteiger partial charge in [0.05, 0.1) is 12.3 Å². The lowest BCUT2D eigenvalue weighted by Crippen LogP contribution is -2.42. The van der Waals surface area contributed by atoms with Gasteiger partial charge in [-0.15, -0.1) is 0 Å². The molecule has 21 heavy (non-hydrogen) atoms. The molecule has 2 aromatic rings. The van der Waals surface area contributed by atoms with Crippen LogP contribution in [0.5, 0.6) is 0 Å². The number of aliphatic carboxylic acids is 1. The van der Waals surface area contributed by atoms with Crippen LogP contribution in [-0.4, -0.2) is 44.9 Å². The second kappa shape index (κ2) is 5.55. The van der Waals surface area contributed by atoms with Crippen LogP contribution in [0.25, 0.3) is 11.0 Å². The topological polar surface area (TPSA) is 86.3 Å². The third kappa shape index (κ3) is 2.74. The molecular formula is C15H17N3O3. The molecule has 0 aliphatic carbocycles. The van der Waals surface area contributed by atoms with Crippen molar-refractivity contribution in [1.29, 1.82) is 0 Å². The van der Waals surface area contributed by atoms with Crippen LogP contribution in [0.2, 0.25) is 0 Å². The van der Waals surface area contributed by atoms with Crippen LogP contribution >= 0.6 is 0 Å². The predicted octanol–water partition coefficient (Wildman–Crippen LogP) is 1.43. The molecule has 6 heteroatoms. The maximum Gasteiger partial charge on any atom is 0.308 e. The lowest BCUT2D eigenvalue weighted by molar-refractivity contribution is -0.145. The molecule has 2 N–H and O–H groups in total. The van der Waals surface area contributed by atoms with Crippen molar-refractivity contribution in [2.75, 3.05) is 13.1 Å². The Morgan fingerprint density at radius 2 is 2.33 bits per heavy atom. The molecule has 0 radical (unpaired) electrons. The van der Waals surface area contributed by atoms with Gasteiger partial charge in [-0.3, -0.25) is 9.59 Å². The number of carboxylic acid groups (broad SMARTS) is 1. The first-order chi connectivity index (χ1) is 10.1. The van der Waals surface area contributed by atoms with Crippen LogP contribution in [0.15, 0.2) is 24.5 Å². The van der Waals surface area contributed by atoms with E-state index in [9.17, 15) is 9.59 Å². The highest BCUT2D eigenvalue weighted by molar-refractivity contribution is 5.87. The van der Waals surface area contributed by atoms with Gasteiger partial charge in [-0.25, -0.2) is 4.98 Å². The second-order valence-electron chi connectivity index (χ2n) is 5.41. The number of carboxylic acids is 1. The van der Waals surface area contributed by atoms with Gasteiger partial charge >= 0.3 is 5.97 Å². The first kappa shape index (κ1) is 13.6. The number of nitrogens with one attached hydrogen (secondary N) is 1. The van der Waals surface area contributed by atoms with Crippen LogP contribution in [0.4, 0.5) is 0 Å². The number of aromatic nitrogens is 2.